The lowest BCUT2D eigenvalue weighted by Gasteiger charge is -2.34. The minimum atomic E-state index is 0.0691. The molecule has 8 heteroatoms. The monoisotopic (exact) mass is 412 g/mol. The Labute approximate surface area is 178 Å². The van der Waals surface area contributed by atoms with Crippen LogP contribution in [0.4, 0.5) is 5.82 Å². The molecule has 1 atom stereocenters. The van der Waals surface area contributed by atoms with Crippen molar-refractivity contribution >= 4 is 11.7 Å². The first-order valence-corrected chi connectivity index (χ1v) is 11.1. The van der Waals surface area contributed by atoms with Gasteiger partial charge in [-0.2, -0.15) is 4.98 Å². The molecule has 4 heterocycles. The maximum absolute atomic E-state index is 12.7. The Morgan fingerprint density at radius 1 is 1.23 bits per heavy atom. The number of rotatable bonds is 6. The molecule has 2 aromatic rings. The van der Waals surface area contributed by atoms with Crippen molar-refractivity contribution < 1.29 is 9.32 Å². The maximum Gasteiger partial charge on any atom is 0.223 e. The number of hydrogen-bond acceptors (Lipinski definition) is 7. The van der Waals surface area contributed by atoms with E-state index in [4.69, 9.17) is 4.52 Å². The van der Waals surface area contributed by atoms with Crippen LogP contribution in [0.25, 0.3) is 11.4 Å². The van der Waals surface area contributed by atoms with E-state index < -0.39 is 0 Å². The highest BCUT2D eigenvalue weighted by molar-refractivity contribution is 5.79. The minimum absolute atomic E-state index is 0.0691. The number of aryl methyl sites for hydroxylation is 1. The van der Waals surface area contributed by atoms with Gasteiger partial charge < -0.3 is 14.7 Å². The minimum Gasteiger partial charge on any atom is -0.356 e. The van der Waals surface area contributed by atoms with Crippen molar-refractivity contribution in [1.82, 2.24) is 25.3 Å². The molecule has 1 N–H and O–H groups in total. The van der Waals surface area contributed by atoms with Gasteiger partial charge in [-0.05, 0) is 51.3 Å². The van der Waals surface area contributed by atoms with E-state index >= 15 is 0 Å². The molecule has 162 valence electrons. The van der Waals surface area contributed by atoms with Gasteiger partial charge in [0.05, 0.1) is 5.56 Å². The van der Waals surface area contributed by atoms with Crippen molar-refractivity contribution in [3.8, 4) is 11.4 Å². The van der Waals surface area contributed by atoms with E-state index in [0.717, 1.165) is 56.9 Å². The summed E-state index contributed by atoms with van der Waals surface area (Å²) in [5.41, 5.74) is 0.868. The summed E-state index contributed by atoms with van der Waals surface area (Å²) in [7, 11) is 0. The molecule has 2 aliphatic heterocycles. The van der Waals surface area contributed by atoms with Crippen LogP contribution in [-0.2, 0) is 4.79 Å². The number of piperidine rings is 2. The van der Waals surface area contributed by atoms with Gasteiger partial charge in [0, 0.05) is 51.3 Å². The molecule has 2 aromatic heterocycles. The average Bonchev–Trinajstić information content (AvgIpc) is 3.21. The molecule has 2 aliphatic rings. The van der Waals surface area contributed by atoms with E-state index in [1.165, 1.54) is 19.3 Å². The summed E-state index contributed by atoms with van der Waals surface area (Å²) in [5.74, 6) is 2.21. The third kappa shape index (κ3) is 4.80. The first kappa shape index (κ1) is 20.8. The van der Waals surface area contributed by atoms with Crippen molar-refractivity contribution in [3.63, 3.8) is 0 Å². The standard InChI is InChI=1S/C22H32N6O2/c1-16-6-3-4-12-27(16)15-11-24-22(29)18-8-13-28(14-9-18)21-19(7-5-10-23-21)20-25-17(2)30-26-20/h5,7,10,16,18H,3-4,6,8-9,11-15H2,1-2H3,(H,24,29). The van der Waals surface area contributed by atoms with Crippen LogP contribution in [-0.4, -0.2) is 64.7 Å². The molecule has 4 rings (SSSR count). The Bertz CT molecular complexity index is 846. The highest BCUT2D eigenvalue weighted by Crippen LogP contribution is 2.30. The second kappa shape index (κ2) is 9.55. The number of carbonyl (C=O) groups is 1. The second-order valence-electron chi connectivity index (χ2n) is 8.44. The van der Waals surface area contributed by atoms with Crippen LogP contribution in [0.5, 0.6) is 0 Å². The fraction of sp³-hybridized carbons (Fsp3) is 0.636. The van der Waals surface area contributed by atoms with Crippen LogP contribution in [0, 0.1) is 12.8 Å². The van der Waals surface area contributed by atoms with Gasteiger partial charge in [0.25, 0.3) is 0 Å². The number of pyridine rings is 1. The van der Waals surface area contributed by atoms with Gasteiger partial charge >= 0.3 is 0 Å². The van der Waals surface area contributed by atoms with E-state index in [9.17, 15) is 4.79 Å². The molecule has 0 spiro atoms. The molecule has 0 saturated carbocycles. The van der Waals surface area contributed by atoms with Gasteiger partial charge in [-0.15, -0.1) is 0 Å². The molecule has 0 bridgehead atoms. The zero-order valence-corrected chi connectivity index (χ0v) is 18.0. The quantitative estimate of drug-likeness (QED) is 0.780. The SMILES string of the molecule is Cc1nc(-c2cccnc2N2CCC(C(=O)NCCN3CCCCC3C)CC2)no1. The summed E-state index contributed by atoms with van der Waals surface area (Å²) >= 11 is 0. The molecule has 0 radical (unpaired) electrons. The first-order valence-electron chi connectivity index (χ1n) is 11.1. The van der Waals surface area contributed by atoms with Crippen molar-refractivity contribution in [2.24, 2.45) is 5.92 Å². The molecule has 1 amide bonds. The Balaban J connectivity index is 1.28. The van der Waals surface area contributed by atoms with Crippen molar-refractivity contribution in [3.05, 3.63) is 24.2 Å². The van der Waals surface area contributed by atoms with E-state index in [1.54, 1.807) is 13.1 Å². The molecular formula is C22H32N6O2. The van der Waals surface area contributed by atoms with E-state index in [0.29, 0.717) is 17.8 Å². The number of nitrogens with one attached hydrogen (secondary N) is 1. The summed E-state index contributed by atoms with van der Waals surface area (Å²) in [6.07, 6.45) is 7.31. The lowest BCUT2D eigenvalue weighted by atomic mass is 9.95. The smallest absolute Gasteiger partial charge is 0.223 e. The third-order valence-corrected chi connectivity index (χ3v) is 6.36. The normalized spacial score (nSPS) is 21.0. The van der Waals surface area contributed by atoms with Crippen LogP contribution in [0.3, 0.4) is 0 Å². The number of likely N-dealkylation sites (tertiary alicyclic amines) is 1. The number of anilines is 1. The largest absolute Gasteiger partial charge is 0.356 e. The predicted molar refractivity (Wildman–Crippen MR) is 115 cm³/mol. The van der Waals surface area contributed by atoms with Gasteiger partial charge in [-0.1, -0.05) is 11.6 Å². The zero-order chi connectivity index (χ0) is 20.9. The van der Waals surface area contributed by atoms with Crippen LogP contribution < -0.4 is 10.2 Å². The number of aromatic nitrogens is 3. The van der Waals surface area contributed by atoms with E-state index in [1.807, 2.05) is 12.1 Å². The molecule has 1 unspecified atom stereocenters. The number of hydrogen-bond donors (Lipinski definition) is 1. The summed E-state index contributed by atoms with van der Waals surface area (Å²) in [6, 6.07) is 4.48. The Hall–Kier alpha value is -2.48. The van der Waals surface area contributed by atoms with Gasteiger partial charge in [-0.25, -0.2) is 4.98 Å². The van der Waals surface area contributed by atoms with Gasteiger partial charge in [0.15, 0.2) is 0 Å². The average molecular weight is 413 g/mol. The molecule has 30 heavy (non-hydrogen) atoms. The van der Waals surface area contributed by atoms with E-state index in [2.05, 4.69) is 37.2 Å². The number of carbonyl (C=O) groups excluding carboxylic acids is 1. The summed E-state index contributed by atoms with van der Waals surface area (Å²) < 4.78 is 5.13. The molecule has 2 fully saturated rings. The summed E-state index contributed by atoms with van der Waals surface area (Å²) in [5, 5.41) is 7.21. The highest BCUT2D eigenvalue weighted by Gasteiger charge is 2.27. The lowest BCUT2D eigenvalue weighted by molar-refractivity contribution is -0.125. The van der Waals surface area contributed by atoms with Crippen LogP contribution in [0.15, 0.2) is 22.9 Å². The first-order chi connectivity index (χ1) is 14.6. The van der Waals surface area contributed by atoms with Gasteiger partial charge in [-0.3, -0.25) is 9.69 Å². The lowest BCUT2D eigenvalue weighted by Crippen LogP contribution is -2.45. The van der Waals surface area contributed by atoms with Gasteiger partial charge in [0.2, 0.25) is 17.6 Å². The number of amides is 1. The topological polar surface area (TPSA) is 87.4 Å². The predicted octanol–water partition coefficient (Wildman–Crippen LogP) is 2.65. The molecule has 0 aliphatic carbocycles. The Morgan fingerprint density at radius 2 is 2.07 bits per heavy atom. The summed E-state index contributed by atoms with van der Waals surface area (Å²) in [6.45, 7) is 8.51. The zero-order valence-electron chi connectivity index (χ0n) is 18.0. The maximum atomic E-state index is 12.7. The van der Waals surface area contributed by atoms with Crippen LogP contribution in [0.1, 0.15) is 44.9 Å². The third-order valence-electron chi connectivity index (χ3n) is 6.36. The molecular weight excluding hydrogens is 380 g/mol. The van der Waals surface area contributed by atoms with Crippen molar-refractivity contribution in [1.29, 1.82) is 0 Å². The number of nitrogens with zero attached hydrogens (tertiary/aromatic N) is 5. The van der Waals surface area contributed by atoms with Crippen LogP contribution in [0.2, 0.25) is 0 Å². The molecule has 2 saturated heterocycles. The van der Waals surface area contributed by atoms with Crippen molar-refractivity contribution in [2.45, 2.75) is 52.0 Å². The van der Waals surface area contributed by atoms with Crippen LogP contribution >= 0.6 is 0 Å². The second-order valence-corrected chi connectivity index (χ2v) is 8.44. The Morgan fingerprint density at radius 3 is 2.80 bits per heavy atom. The fourth-order valence-corrected chi connectivity index (χ4v) is 4.54. The molecule has 8 nitrogen and oxygen atoms in total. The van der Waals surface area contributed by atoms with Crippen molar-refractivity contribution in [2.75, 3.05) is 37.6 Å². The summed E-state index contributed by atoms with van der Waals surface area (Å²) in [4.78, 5) is 26.3. The fourth-order valence-electron chi connectivity index (χ4n) is 4.54. The van der Waals surface area contributed by atoms with Gasteiger partial charge in [0.1, 0.15) is 5.82 Å². The highest BCUT2D eigenvalue weighted by atomic mass is 16.5. The Kier molecular flexibility index (Phi) is 6.62. The van der Waals surface area contributed by atoms with E-state index in [-0.39, 0.29) is 11.8 Å². The molecule has 0 aromatic carbocycles.